The smallest absolute Gasteiger partial charge is 0.0965 e. The Hall–Kier alpha value is -2.85. The van der Waals surface area contributed by atoms with Gasteiger partial charge in [-0.15, -0.1) is 11.3 Å². The number of aromatic nitrogens is 3. The molecule has 0 unspecified atom stereocenters. The van der Waals surface area contributed by atoms with Gasteiger partial charge in [0.05, 0.1) is 21.3 Å². The topological polar surface area (TPSA) is 38.7 Å². The van der Waals surface area contributed by atoms with E-state index in [9.17, 15) is 0 Å². The summed E-state index contributed by atoms with van der Waals surface area (Å²) < 4.78 is 2.46. The van der Waals surface area contributed by atoms with Crippen molar-refractivity contribution in [2.75, 3.05) is 0 Å². The van der Waals surface area contributed by atoms with Crippen LogP contribution in [0.25, 0.3) is 42.5 Å². The predicted molar refractivity (Wildman–Crippen MR) is 95.7 cm³/mol. The van der Waals surface area contributed by atoms with Gasteiger partial charge in [0.25, 0.3) is 0 Å². The predicted octanol–water partition coefficient (Wildman–Crippen LogP) is 5.06. The number of hydrogen-bond donors (Lipinski definition) is 0. The fourth-order valence-corrected chi connectivity index (χ4v) is 4.15. The molecule has 0 aliphatic heterocycles. The molecule has 0 amide bonds. The molecule has 4 heterocycles. The van der Waals surface area contributed by atoms with E-state index in [1.165, 1.54) is 20.3 Å². The lowest BCUT2D eigenvalue weighted by Gasteiger charge is -2.07. The van der Waals surface area contributed by atoms with E-state index in [0.717, 1.165) is 22.1 Å². The van der Waals surface area contributed by atoms with Crippen LogP contribution in [0.15, 0.2) is 67.1 Å². The number of benzene rings is 1. The Balaban J connectivity index is 1.96. The van der Waals surface area contributed by atoms with Gasteiger partial charge in [0.15, 0.2) is 0 Å². The highest BCUT2D eigenvalue weighted by Crippen LogP contribution is 2.39. The van der Waals surface area contributed by atoms with Gasteiger partial charge in [0, 0.05) is 34.2 Å². The molecule has 1 aromatic carbocycles. The minimum absolute atomic E-state index is 0.912. The molecule has 5 aromatic rings. The fourth-order valence-electron chi connectivity index (χ4n) is 3.06. The number of rotatable bonds is 1. The molecule has 3 nitrogen and oxygen atoms in total. The molecule has 0 atom stereocenters. The van der Waals surface area contributed by atoms with Crippen LogP contribution in [0.3, 0.4) is 0 Å². The Bertz CT molecular complexity index is 1170. The van der Waals surface area contributed by atoms with Gasteiger partial charge in [0.2, 0.25) is 0 Å². The summed E-state index contributed by atoms with van der Waals surface area (Å²) in [6, 6.07) is 16.5. The minimum atomic E-state index is 0.912. The number of thiophene rings is 1. The standard InChI is InChI=1S/C19H11N3S/c1-4-12(13-8-11-20-14-5-2-9-21-18(13)14)17-15(6-1)23-16-7-3-10-22-19(16)17/h1-11H. The zero-order valence-corrected chi connectivity index (χ0v) is 12.9. The Labute approximate surface area is 136 Å². The lowest BCUT2D eigenvalue weighted by atomic mass is 10.0. The van der Waals surface area contributed by atoms with E-state index >= 15 is 0 Å². The zero-order chi connectivity index (χ0) is 15.2. The molecule has 5 rings (SSSR count). The quantitative estimate of drug-likeness (QED) is 0.434. The average molecular weight is 313 g/mol. The fraction of sp³-hybridized carbons (Fsp3) is 0. The first-order valence-electron chi connectivity index (χ1n) is 7.38. The molecule has 4 heteroatoms. The molecule has 23 heavy (non-hydrogen) atoms. The Morgan fingerprint density at radius 3 is 2.39 bits per heavy atom. The monoisotopic (exact) mass is 313 g/mol. The van der Waals surface area contributed by atoms with Crippen molar-refractivity contribution in [3.63, 3.8) is 0 Å². The van der Waals surface area contributed by atoms with Crippen molar-refractivity contribution in [3.8, 4) is 11.1 Å². The van der Waals surface area contributed by atoms with Crippen molar-refractivity contribution >= 4 is 42.7 Å². The van der Waals surface area contributed by atoms with Gasteiger partial charge in [-0.1, -0.05) is 12.1 Å². The Morgan fingerprint density at radius 1 is 0.609 bits per heavy atom. The second-order valence-corrected chi connectivity index (χ2v) is 6.44. The van der Waals surface area contributed by atoms with Crippen LogP contribution in [0.5, 0.6) is 0 Å². The van der Waals surface area contributed by atoms with E-state index in [2.05, 4.69) is 39.2 Å². The van der Waals surface area contributed by atoms with Crippen LogP contribution < -0.4 is 0 Å². The van der Waals surface area contributed by atoms with Crippen molar-refractivity contribution < 1.29 is 0 Å². The highest BCUT2D eigenvalue weighted by molar-refractivity contribution is 7.25. The van der Waals surface area contributed by atoms with E-state index in [1.807, 2.05) is 42.9 Å². The normalized spacial score (nSPS) is 11.5. The maximum atomic E-state index is 4.61. The molecule has 4 aromatic heterocycles. The third-order valence-corrected chi connectivity index (χ3v) is 5.15. The minimum Gasteiger partial charge on any atom is -0.255 e. The lowest BCUT2D eigenvalue weighted by Crippen LogP contribution is -1.88. The van der Waals surface area contributed by atoms with Crippen molar-refractivity contribution in [1.82, 2.24) is 15.0 Å². The van der Waals surface area contributed by atoms with Gasteiger partial charge in [-0.2, -0.15) is 0 Å². The highest BCUT2D eigenvalue weighted by Gasteiger charge is 2.13. The molecule has 0 radical (unpaired) electrons. The summed E-state index contributed by atoms with van der Waals surface area (Å²) in [6.45, 7) is 0. The van der Waals surface area contributed by atoms with E-state index < -0.39 is 0 Å². The van der Waals surface area contributed by atoms with E-state index in [-0.39, 0.29) is 0 Å². The van der Waals surface area contributed by atoms with E-state index in [1.54, 1.807) is 11.3 Å². The molecule has 0 saturated heterocycles. The summed E-state index contributed by atoms with van der Waals surface area (Å²) in [6.07, 6.45) is 5.52. The third-order valence-electron chi connectivity index (χ3n) is 4.04. The SMILES string of the molecule is c1cnc2c(-c3cccc4sc5cccnc5c34)ccnc2c1. The Kier molecular flexibility index (Phi) is 2.66. The summed E-state index contributed by atoms with van der Waals surface area (Å²) >= 11 is 1.78. The maximum Gasteiger partial charge on any atom is 0.0965 e. The summed E-state index contributed by atoms with van der Waals surface area (Å²) in [4.78, 5) is 13.6. The molecule has 0 fully saturated rings. The average Bonchev–Trinajstić information content (AvgIpc) is 3.00. The van der Waals surface area contributed by atoms with Crippen molar-refractivity contribution in [3.05, 3.63) is 67.1 Å². The molecule has 0 N–H and O–H groups in total. The second-order valence-electron chi connectivity index (χ2n) is 5.36. The number of pyridine rings is 3. The van der Waals surface area contributed by atoms with Gasteiger partial charge in [0.1, 0.15) is 0 Å². The van der Waals surface area contributed by atoms with Crippen LogP contribution in [0.4, 0.5) is 0 Å². The summed E-state index contributed by atoms with van der Waals surface area (Å²) in [5.74, 6) is 0. The van der Waals surface area contributed by atoms with Gasteiger partial charge >= 0.3 is 0 Å². The first kappa shape index (κ1) is 12.7. The van der Waals surface area contributed by atoms with Crippen LogP contribution in [0, 0.1) is 0 Å². The summed E-state index contributed by atoms with van der Waals surface area (Å²) in [7, 11) is 0. The number of nitrogens with zero attached hydrogens (tertiary/aromatic N) is 3. The van der Waals surface area contributed by atoms with E-state index in [0.29, 0.717) is 0 Å². The van der Waals surface area contributed by atoms with Crippen LogP contribution in [0.2, 0.25) is 0 Å². The van der Waals surface area contributed by atoms with Crippen LogP contribution in [-0.4, -0.2) is 15.0 Å². The molecule has 0 bridgehead atoms. The highest BCUT2D eigenvalue weighted by atomic mass is 32.1. The molecular weight excluding hydrogens is 302 g/mol. The van der Waals surface area contributed by atoms with Gasteiger partial charge in [-0.25, -0.2) is 0 Å². The van der Waals surface area contributed by atoms with Crippen LogP contribution in [0.1, 0.15) is 0 Å². The van der Waals surface area contributed by atoms with Crippen molar-refractivity contribution in [1.29, 1.82) is 0 Å². The molecule has 0 aliphatic carbocycles. The van der Waals surface area contributed by atoms with Crippen LogP contribution >= 0.6 is 11.3 Å². The van der Waals surface area contributed by atoms with Gasteiger partial charge < -0.3 is 0 Å². The first-order chi connectivity index (χ1) is 11.4. The zero-order valence-electron chi connectivity index (χ0n) is 12.1. The summed E-state index contributed by atoms with van der Waals surface area (Å²) in [5.41, 5.74) is 5.17. The van der Waals surface area contributed by atoms with E-state index in [4.69, 9.17) is 0 Å². The number of hydrogen-bond acceptors (Lipinski definition) is 4. The first-order valence-corrected chi connectivity index (χ1v) is 8.20. The molecular formula is C19H11N3S. The molecule has 0 saturated carbocycles. The van der Waals surface area contributed by atoms with Crippen molar-refractivity contribution in [2.45, 2.75) is 0 Å². The molecule has 0 spiro atoms. The van der Waals surface area contributed by atoms with Crippen molar-refractivity contribution in [2.24, 2.45) is 0 Å². The third kappa shape index (κ3) is 1.85. The summed E-state index contributed by atoms with van der Waals surface area (Å²) in [5, 5.41) is 1.20. The lowest BCUT2D eigenvalue weighted by molar-refractivity contribution is 1.34. The maximum absolute atomic E-state index is 4.61. The largest absolute Gasteiger partial charge is 0.255 e. The number of fused-ring (bicyclic) bond motifs is 4. The molecule has 108 valence electrons. The van der Waals surface area contributed by atoms with Gasteiger partial charge in [-0.3, -0.25) is 15.0 Å². The second kappa shape index (κ2) is 4.83. The molecule has 0 aliphatic rings. The Morgan fingerprint density at radius 2 is 1.43 bits per heavy atom. The van der Waals surface area contributed by atoms with Gasteiger partial charge in [-0.05, 0) is 42.0 Å². The van der Waals surface area contributed by atoms with Crippen LogP contribution in [-0.2, 0) is 0 Å².